The number of rotatable bonds is 2. The Morgan fingerprint density at radius 3 is 3.09 bits per heavy atom. The molecule has 1 aromatic rings. The van der Waals surface area contributed by atoms with Gasteiger partial charge in [0.25, 0.3) is 0 Å². The molecule has 1 aromatic heterocycles. The van der Waals surface area contributed by atoms with E-state index in [4.69, 9.17) is 6.42 Å². The predicted octanol–water partition coefficient (Wildman–Crippen LogP) is 1.84. The van der Waals surface area contributed by atoms with E-state index in [0.717, 1.165) is 16.6 Å². The zero-order valence-electron chi connectivity index (χ0n) is 6.34. The fraction of sp³-hybridized carbons (Fsp3) is 0.375. The third kappa shape index (κ3) is 1.63. The maximum atomic E-state index is 5.17. The molecule has 0 aliphatic carbocycles. The third-order valence-electron chi connectivity index (χ3n) is 1.47. The molecule has 0 fully saturated rings. The molecule has 0 bridgehead atoms. The van der Waals surface area contributed by atoms with E-state index in [1.807, 2.05) is 4.68 Å². The van der Waals surface area contributed by atoms with E-state index in [2.05, 4.69) is 33.9 Å². The van der Waals surface area contributed by atoms with Crippen LogP contribution in [0.15, 0.2) is 10.7 Å². The van der Waals surface area contributed by atoms with Crippen molar-refractivity contribution in [2.45, 2.75) is 19.9 Å². The zero-order valence-corrected chi connectivity index (χ0v) is 7.93. The first-order valence-corrected chi connectivity index (χ1v) is 4.22. The van der Waals surface area contributed by atoms with Gasteiger partial charge in [0.15, 0.2) is 0 Å². The molecular formula is C8H9BrN2. The summed E-state index contributed by atoms with van der Waals surface area (Å²) >= 11 is 3.40. The summed E-state index contributed by atoms with van der Waals surface area (Å²) in [6.45, 7) is 2.63. The Balaban J connectivity index is 2.97. The quantitative estimate of drug-likeness (QED) is 0.685. The average Bonchev–Trinajstić information content (AvgIpc) is 2.33. The van der Waals surface area contributed by atoms with Crippen LogP contribution in [0.1, 0.15) is 12.6 Å². The first-order valence-electron chi connectivity index (χ1n) is 3.43. The van der Waals surface area contributed by atoms with E-state index in [-0.39, 0.29) is 0 Å². The standard InChI is InChI=1S/C8H9BrN2/c1-3-5-11-8(4-2)7(9)6-10-11/h1,6H,4-5H2,2H3. The topological polar surface area (TPSA) is 17.8 Å². The fourth-order valence-corrected chi connectivity index (χ4v) is 1.54. The maximum absolute atomic E-state index is 5.17. The number of terminal acetylenes is 1. The van der Waals surface area contributed by atoms with Crippen molar-refractivity contribution in [1.82, 2.24) is 9.78 Å². The molecule has 11 heavy (non-hydrogen) atoms. The van der Waals surface area contributed by atoms with Gasteiger partial charge in [-0.25, -0.2) is 0 Å². The van der Waals surface area contributed by atoms with Gasteiger partial charge in [0.1, 0.15) is 6.54 Å². The summed E-state index contributed by atoms with van der Waals surface area (Å²) in [5.74, 6) is 2.55. The molecule has 0 amide bonds. The Bertz CT molecular complexity index is 283. The van der Waals surface area contributed by atoms with Crippen LogP contribution >= 0.6 is 15.9 Å². The minimum atomic E-state index is 0.550. The Kier molecular flexibility index (Phi) is 2.72. The van der Waals surface area contributed by atoms with Crippen LogP contribution in [-0.4, -0.2) is 9.78 Å². The maximum Gasteiger partial charge on any atom is 0.102 e. The lowest BCUT2D eigenvalue weighted by Crippen LogP contribution is -2.02. The highest BCUT2D eigenvalue weighted by atomic mass is 79.9. The number of nitrogens with zero attached hydrogens (tertiary/aromatic N) is 2. The minimum Gasteiger partial charge on any atom is -0.256 e. The second-order valence-electron chi connectivity index (χ2n) is 2.15. The molecule has 0 aromatic carbocycles. The third-order valence-corrected chi connectivity index (χ3v) is 2.14. The van der Waals surface area contributed by atoms with Gasteiger partial charge in [0.2, 0.25) is 0 Å². The van der Waals surface area contributed by atoms with Gasteiger partial charge < -0.3 is 0 Å². The van der Waals surface area contributed by atoms with Gasteiger partial charge in [-0.15, -0.1) is 6.42 Å². The normalized spacial score (nSPS) is 9.55. The van der Waals surface area contributed by atoms with Gasteiger partial charge in [-0.05, 0) is 22.4 Å². The van der Waals surface area contributed by atoms with Gasteiger partial charge >= 0.3 is 0 Å². The van der Waals surface area contributed by atoms with Crippen LogP contribution in [0.25, 0.3) is 0 Å². The number of halogens is 1. The van der Waals surface area contributed by atoms with Crippen LogP contribution in [0.2, 0.25) is 0 Å². The molecule has 2 nitrogen and oxygen atoms in total. The Hall–Kier alpha value is -0.750. The first kappa shape index (κ1) is 8.35. The molecule has 1 heterocycles. The second kappa shape index (κ2) is 3.59. The van der Waals surface area contributed by atoms with Gasteiger partial charge in [0.05, 0.1) is 16.4 Å². The molecule has 1 rings (SSSR count). The molecule has 0 unspecified atom stereocenters. The number of hydrogen-bond acceptors (Lipinski definition) is 1. The molecule has 58 valence electrons. The highest BCUT2D eigenvalue weighted by Crippen LogP contribution is 2.15. The number of hydrogen-bond donors (Lipinski definition) is 0. The molecule has 0 aliphatic heterocycles. The van der Waals surface area contributed by atoms with Crippen molar-refractivity contribution in [2.24, 2.45) is 0 Å². The molecule has 0 atom stereocenters. The molecule has 0 spiro atoms. The largest absolute Gasteiger partial charge is 0.256 e. The molecule has 0 saturated carbocycles. The molecule has 0 N–H and O–H groups in total. The van der Waals surface area contributed by atoms with Crippen molar-refractivity contribution < 1.29 is 0 Å². The lowest BCUT2D eigenvalue weighted by atomic mass is 10.3. The Labute approximate surface area is 74.7 Å². The van der Waals surface area contributed by atoms with Crippen LogP contribution in [0.4, 0.5) is 0 Å². The van der Waals surface area contributed by atoms with Gasteiger partial charge in [-0.2, -0.15) is 5.10 Å². The first-order chi connectivity index (χ1) is 5.29. The van der Waals surface area contributed by atoms with Crippen molar-refractivity contribution in [3.8, 4) is 12.3 Å². The van der Waals surface area contributed by atoms with Crippen LogP contribution in [0, 0.1) is 12.3 Å². The molecule has 0 aliphatic rings. The summed E-state index contributed by atoms with van der Waals surface area (Å²) in [7, 11) is 0. The SMILES string of the molecule is C#CCn1ncc(Br)c1CC. The van der Waals surface area contributed by atoms with E-state index in [9.17, 15) is 0 Å². The van der Waals surface area contributed by atoms with Crippen LogP contribution in [-0.2, 0) is 13.0 Å². The summed E-state index contributed by atoms with van der Waals surface area (Å²) in [6, 6.07) is 0. The highest BCUT2D eigenvalue weighted by Gasteiger charge is 2.03. The van der Waals surface area contributed by atoms with Crippen molar-refractivity contribution >= 4 is 15.9 Å². The summed E-state index contributed by atoms with van der Waals surface area (Å²) in [6.07, 6.45) is 7.89. The van der Waals surface area contributed by atoms with Gasteiger partial charge in [-0.3, -0.25) is 4.68 Å². The van der Waals surface area contributed by atoms with Crippen LogP contribution < -0.4 is 0 Å². The molecule has 0 radical (unpaired) electrons. The van der Waals surface area contributed by atoms with E-state index in [1.165, 1.54) is 0 Å². The minimum absolute atomic E-state index is 0.550. The van der Waals surface area contributed by atoms with E-state index in [0.29, 0.717) is 6.54 Å². The fourth-order valence-electron chi connectivity index (χ4n) is 0.962. The smallest absolute Gasteiger partial charge is 0.102 e. The monoisotopic (exact) mass is 212 g/mol. The zero-order chi connectivity index (χ0) is 8.27. The molecule has 0 saturated heterocycles. The Morgan fingerprint density at radius 1 is 1.82 bits per heavy atom. The van der Waals surface area contributed by atoms with Gasteiger partial charge in [-0.1, -0.05) is 12.8 Å². The number of aromatic nitrogens is 2. The lowest BCUT2D eigenvalue weighted by molar-refractivity contribution is 0.673. The lowest BCUT2D eigenvalue weighted by Gasteiger charge is -1.99. The van der Waals surface area contributed by atoms with Crippen LogP contribution in [0.5, 0.6) is 0 Å². The molecular weight excluding hydrogens is 204 g/mol. The van der Waals surface area contributed by atoms with E-state index < -0.39 is 0 Å². The van der Waals surface area contributed by atoms with E-state index >= 15 is 0 Å². The average molecular weight is 213 g/mol. The Morgan fingerprint density at radius 2 is 2.55 bits per heavy atom. The van der Waals surface area contributed by atoms with Crippen LogP contribution in [0.3, 0.4) is 0 Å². The van der Waals surface area contributed by atoms with E-state index in [1.54, 1.807) is 6.20 Å². The van der Waals surface area contributed by atoms with Crippen molar-refractivity contribution in [1.29, 1.82) is 0 Å². The predicted molar refractivity (Wildman–Crippen MR) is 48.1 cm³/mol. The second-order valence-corrected chi connectivity index (χ2v) is 3.01. The summed E-state index contributed by atoms with van der Waals surface area (Å²) in [4.78, 5) is 0. The summed E-state index contributed by atoms with van der Waals surface area (Å²) in [5.41, 5.74) is 1.16. The summed E-state index contributed by atoms with van der Waals surface area (Å²) in [5, 5.41) is 4.10. The molecule has 3 heteroatoms. The highest BCUT2D eigenvalue weighted by molar-refractivity contribution is 9.10. The van der Waals surface area contributed by atoms with Crippen molar-refractivity contribution in [3.05, 3.63) is 16.4 Å². The van der Waals surface area contributed by atoms with Crippen molar-refractivity contribution in [2.75, 3.05) is 0 Å². The van der Waals surface area contributed by atoms with Gasteiger partial charge in [0, 0.05) is 0 Å². The summed E-state index contributed by atoms with van der Waals surface area (Å²) < 4.78 is 2.86. The van der Waals surface area contributed by atoms with Crippen molar-refractivity contribution in [3.63, 3.8) is 0 Å².